The lowest BCUT2D eigenvalue weighted by Crippen LogP contribution is -2.27. The molecular formula is C15H23N3O. The third-order valence-electron chi connectivity index (χ3n) is 3.08. The molecule has 0 fully saturated rings. The fourth-order valence-electron chi connectivity index (χ4n) is 2.02. The number of anilines is 1. The molecule has 0 atom stereocenters. The highest BCUT2D eigenvalue weighted by Crippen LogP contribution is 2.25. The Morgan fingerprint density at radius 3 is 2.53 bits per heavy atom. The second kappa shape index (κ2) is 7.65. The summed E-state index contributed by atoms with van der Waals surface area (Å²) in [5, 5.41) is 9.21. The van der Waals surface area contributed by atoms with Gasteiger partial charge in [0.25, 0.3) is 0 Å². The Kier molecular flexibility index (Phi) is 6.17. The highest BCUT2D eigenvalue weighted by molar-refractivity contribution is 5.62. The van der Waals surface area contributed by atoms with Crippen LogP contribution in [0.15, 0.2) is 18.2 Å². The molecule has 0 amide bonds. The molecule has 0 aliphatic heterocycles. The second-order valence-corrected chi connectivity index (χ2v) is 4.73. The summed E-state index contributed by atoms with van der Waals surface area (Å²) in [5.74, 6) is 0.792. The Balaban J connectivity index is 2.87. The molecule has 0 unspecified atom stereocenters. The van der Waals surface area contributed by atoms with Crippen LogP contribution < -0.4 is 9.64 Å². The van der Waals surface area contributed by atoms with Gasteiger partial charge >= 0.3 is 0 Å². The van der Waals surface area contributed by atoms with Gasteiger partial charge in [-0.25, -0.2) is 0 Å². The van der Waals surface area contributed by atoms with Crippen LogP contribution in [0.1, 0.15) is 18.9 Å². The number of nitriles is 1. The Bertz CT molecular complexity index is 438. The Morgan fingerprint density at radius 2 is 2.00 bits per heavy atom. The van der Waals surface area contributed by atoms with Crippen molar-refractivity contribution < 1.29 is 4.74 Å². The zero-order chi connectivity index (χ0) is 14.3. The van der Waals surface area contributed by atoms with Gasteiger partial charge in [0.15, 0.2) is 0 Å². The number of nitrogens with zero attached hydrogens (tertiary/aromatic N) is 3. The van der Waals surface area contributed by atoms with Crippen molar-refractivity contribution in [2.75, 3.05) is 45.7 Å². The van der Waals surface area contributed by atoms with E-state index in [1.54, 1.807) is 7.11 Å². The summed E-state index contributed by atoms with van der Waals surface area (Å²) in [6, 6.07) is 7.85. The van der Waals surface area contributed by atoms with Crippen LogP contribution in [0.25, 0.3) is 0 Å². The average molecular weight is 261 g/mol. The Labute approximate surface area is 116 Å². The minimum absolute atomic E-state index is 0.701. The van der Waals surface area contributed by atoms with Crippen LogP contribution in [0.5, 0.6) is 5.75 Å². The van der Waals surface area contributed by atoms with Crippen molar-refractivity contribution in [3.8, 4) is 11.8 Å². The third kappa shape index (κ3) is 4.46. The van der Waals surface area contributed by atoms with E-state index in [-0.39, 0.29) is 0 Å². The van der Waals surface area contributed by atoms with Crippen LogP contribution in [0.2, 0.25) is 0 Å². The molecule has 4 heteroatoms. The molecule has 4 nitrogen and oxygen atoms in total. The Morgan fingerprint density at radius 1 is 1.26 bits per heavy atom. The molecule has 1 rings (SSSR count). The SMILES string of the molecule is CCN(CCCN(C)C)c1cc(OC)ccc1C#N. The summed E-state index contributed by atoms with van der Waals surface area (Å²) >= 11 is 0. The van der Waals surface area contributed by atoms with Crippen molar-refractivity contribution in [1.29, 1.82) is 5.26 Å². The van der Waals surface area contributed by atoms with Gasteiger partial charge in [-0.1, -0.05) is 0 Å². The van der Waals surface area contributed by atoms with E-state index in [1.807, 2.05) is 18.2 Å². The van der Waals surface area contributed by atoms with E-state index in [0.717, 1.165) is 37.5 Å². The van der Waals surface area contributed by atoms with Gasteiger partial charge in [0.1, 0.15) is 11.8 Å². The lowest BCUT2D eigenvalue weighted by molar-refractivity contribution is 0.400. The first-order valence-electron chi connectivity index (χ1n) is 6.60. The van der Waals surface area contributed by atoms with Gasteiger partial charge in [-0.3, -0.25) is 0 Å². The van der Waals surface area contributed by atoms with Gasteiger partial charge in [0.2, 0.25) is 0 Å². The van der Waals surface area contributed by atoms with E-state index in [1.165, 1.54) is 0 Å². The van der Waals surface area contributed by atoms with Crippen LogP contribution >= 0.6 is 0 Å². The first kappa shape index (κ1) is 15.3. The largest absolute Gasteiger partial charge is 0.497 e. The zero-order valence-corrected chi connectivity index (χ0v) is 12.3. The van der Waals surface area contributed by atoms with Gasteiger partial charge in [0, 0.05) is 19.2 Å². The minimum Gasteiger partial charge on any atom is -0.497 e. The zero-order valence-electron chi connectivity index (χ0n) is 12.3. The fraction of sp³-hybridized carbons (Fsp3) is 0.533. The first-order chi connectivity index (χ1) is 9.12. The van der Waals surface area contributed by atoms with E-state index in [0.29, 0.717) is 5.56 Å². The molecule has 1 aromatic carbocycles. The summed E-state index contributed by atoms with van der Waals surface area (Å²) in [6.07, 6.45) is 1.07. The maximum absolute atomic E-state index is 9.21. The van der Waals surface area contributed by atoms with Crippen LogP contribution in [0.4, 0.5) is 5.69 Å². The molecule has 0 bridgehead atoms. The molecule has 0 N–H and O–H groups in total. The third-order valence-corrected chi connectivity index (χ3v) is 3.08. The summed E-state index contributed by atoms with van der Waals surface area (Å²) in [6.45, 7) is 4.98. The highest BCUT2D eigenvalue weighted by atomic mass is 16.5. The fourth-order valence-corrected chi connectivity index (χ4v) is 2.02. The number of benzene rings is 1. The van der Waals surface area contributed by atoms with E-state index in [9.17, 15) is 5.26 Å². The number of methoxy groups -OCH3 is 1. The smallest absolute Gasteiger partial charge is 0.121 e. The highest BCUT2D eigenvalue weighted by Gasteiger charge is 2.11. The molecule has 104 valence electrons. The first-order valence-corrected chi connectivity index (χ1v) is 6.60. The lowest BCUT2D eigenvalue weighted by Gasteiger charge is -2.25. The quantitative estimate of drug-likeness (QED) is 0.755. The molecule has 0 spiro atoms. The molecule has 0 heterocycles. The summed E-state index contributed by atoms with van der Waals surface area (Å²) in [5.41, 5.74) is 1.66. The molecule has 19 heavy (non-hydrogen) atoms. The van der Waals surface area contributed by atoms with Gasteiger partial charge in [-0.15, -0.1) is 0 Å². The van der Waals surface area contributed by atoms with Gasteiger partial charge < -0.3 is 14.5 Å². The Hall–Kier alpha value is -1.73. The van der Waals surface area contributed by atoms with Gasteiger partial charge in [-0.2, -0.15) is 5.26 Å². The van der Waals surface area contributed by atoms with E-state index < -0.39 is 0 Å². The van der Waals surface area contributed by atoms with Crippen molar-refractivity contribution in [2.24, 2.45) is 0 Å². The van der Waals surface area contributed by atoms with Gasteiger partial charge in [-0.05, 0) is 46.1 Å². The van der Waals surface area contributed by atoms with Gasteiger partial charge in [0.05, 0.1) is 18.4 Å². The van der Waals surface area contributed by atoms with Crippen molar-refractivity contribution >= 4 is 5.69 Å². The average Bonchev–Trinajstić information content (AvgIpc) is 2.42. The lowest BCUT2D eigenvalue weighted by atomic mass is 10.1. The van der Waals surface area contributed by atoms with Crippen LogP contribution in [-0.2, 0) is 0 Å². The molecule has 0 saturated heterocycles. The van der Waals surface area contributed by atoms with Crippen LogP contribution in [-0.4, -0.2) is 45.7 Å². The molecule has 0 aromatic heterocycles. The molecular weight excluding hydrogens is 238 g/mol. The molecule has 0 aliphatic carbocycles. The van der Waals surface area contributed by atoms with E-state index in [4.69, 9.17) is 4.74 Å². The summed E-state index contributed by atoms with van der Waals surface area (Å²) < 4.78 is 5.25. The maximum Gasteiger partial charge on any atom is 0.121 e. The predicted octanol–water partition coefficient (Wildman–Crippen LogP) is 2.34. The molecule has 1 aromatic rings. The van der Waals surface area contributed by atoms with Crippen LogP contribution in [0, 0.1) is 11.3 Å². The minimum atomic E-state index is 0.701. The normalized spacial score (nSPS) is 10.3. The van der Waals surface area contributed by atoms with Crippen molar-refractivity contribution in [1.82, 2.24) is 4.90 Å². The summed E-state index contributed by atoms with van der Waals surface area (Å²) in [7, 11) is 5.79. The predicted molar refractivity (Wildman–Crippen MR) is 78.8 cm³/mol. The maximum atomic E-state index is 9.21. The topological polar surface area (TPSA) is 39.5 Å². The number of hydrogen-bond acceptors (Lipinski definition) is 4. The van der Waals surface area contributed by atoms with Crippen molar-refractivity contribution in [3.63, 3.8) is 0 Å². The number of hydrogen-bond donors (Lipinski definition) is 0. The molecule has 0 saturated carbocycles. The number of ether oxygens (including phenoxy) is 1. The molecule has 0 radical (unpaired) electrons. The van der Waals surface area contributed by atoms with Crippen molar-refractivity contribution in [2.45, 2.75) is 13.3 Å². The monoisotopic (exact) mass is 261 g/mol. The van der Waals surface area contributed by atoms with E-state index in [2.05, 4.69) is 36.9 Å². The second-order valence-electron chi connectivity index (χ2n) is 4.73. The van der Waals surface area contributed by atoms with Crippen LogP contribution in [0.3, 0.4) is 0 Å². The molecule has 0 aliphatic rings. The summed E-state index contributed by atoms with van der Waals surface area (Å²) in [4.78, 5) is 4.40. The van der Waals surface area contributed by atoms with Crippen molar-refractivity contribution in [3.05, 3.63) is 23.8 Å². The number of rotatable bonds is 7. The van der Waals surface area contributed by atoms with E-state index >= 15 is 0 Å². The standard InChI is InChI=1S/C15H23N3O/c1-5-18(10-6-9-17(2)3)15-11-14(19-4)8-7-13(15)12-16/h7-8,11H,5-6,9-10H2,1-4H3.